The number of anilines is 2. The van der Waals surface area contributed by atoms with Crippen LogP contribution < -0.4 is 11.5 Å². The van der Waals surface area contributed by atoms with Crippen LogP contribution in [-0.4, -0.2) is 16.7 Å². The Morgan fingerprint density at radius 3 is 1.95 bits per heavy atom. The molecule has 0 aliphatic heterocycles. The molecule has 0 radical (unpaired) electrons. The van der Waals surface area contributed by atoms with Crippen molar-refractivity contribution in [2.75, 3.05) is 11.5 Å². The van der Waals surface area contributed by atoms with Gasteiger partial charge in [-0.05, 0) is 29.4 Å². The van der Waals surface area contributed by atoms with Crippen LogP contribution in [0.15, 0.2) is 29.4 Å². The molecule has 7 nitrogen and oxygen atoms in total. The maximum atomic E-state index is 12.6. The van der Waals surface area contributed by atoms with Gasteiger partial charge in [0.1, 0.15) is 11.4 Å². The summed E-state index contributed by atoms with van der Waals surface area (Å²) < 4.78 is 0. The topological polar surface area (TPSA) is 136 Å². The second-order valence-electron chi connectivity index (χ2n) is 4.60. The summed E-state index contributed by atoms with van der Waals surface area (Å²) in [5.74, 6) is -1.69. The maximum absolute atomic E-state index is 12.6. The lowest BCUT2D eigenvalue weighted by Crippen LogP contribution is -2.24. The zero-order chi connectivity index (χ0) is 15.3. The van der Waals surface area contributed by atoms with E-state index < -0.39 is 11.6 Å². The summed E-state index contributed by atoms with van der Waals surface area (Å²) >= 11 is 0. The van der Waals surface area contributed by atoms with Crippen LogP contribution in [0.2, 0.25) is 0 Å². The van der Waals surface area contributed by atoms with Crippen LogP contribution in [0.1, 0.15) is 31.8 Å². The Morgan fingerprint density at radius 2 is 1.33 bits per heavy atom. The highest BCUT2D eigenvalue weighted by atomic mass is 16.3. The summed E-state index contributed by atoms with van der Waals surface area (Å²) in [5.41, 5.74) is 10.7. The van der Waals surface area contributed by atoms with Crippen molar-refractivity contribution in [1.82, 2.24) is 0 Å². The number of nitrogen functional groups attached to an aromatic ring is 2. The Labute approximate surface area is 118 Å². The predicted molar refractivity (Wildman–Crippen MR) is 75.7 cm³/mol. The highest BCUT2D eigenvalue weighted by molar-refractivity contribution is 6.33. The molecule has 0 saturated heterocycles. The maximum Gasteiger partial charge on any atom is 0.200 e. The van der Waals surface area contributed by atoms with Gasteiger partial charge in [-0.1, -0.05) is 0 Å². The number of phenols is 1. The minimum atomic E-state index is -0.660. The largest absolute Gasteiger partial charge is 0.507 e. The summed E-state index contributed by atoms with van der Waals surface area (Å²) in [6.07, 6.45) is 0. The van der Waals surface area contributed by atoms with E-state index in [-0.39, 0.29) is 45.1 Å². The van der Waals surface area contributed by atoms with Crippen molar-refractivity contribution >= 4 is 28.6 Å². The van der Waals surface area contributed by atoms with Crippen LogP contribution in [0.25, 0.3) is 0 Å². The molecule has 0 atom stereocenters. The number of carbonyl (C=O) groups excluding carboxylic acids is 2. The number of nitroso groups, excluding NO2 is 1. The molecular weight excluding hydrogens is 274 g/mol. The number of ketones is 2. The molecule has 0 fully saturated rings. The highest BCUT2D eigenvalue weighted by Crippen LogP contribution is 2.41. The van der Waals surface area contributed by atoms with E-state index in [1.54, 1.807) is 0 Å². The van der Waals surface area contributed by atoms with Gasteiger partial charge in [-0.25, -0.2) is 0 Å². The van der Waals surface area contributed by atoms with Gasteiger partial charge in [-0.15, -0.1) is 4.91 Å². The second-order valence-corrected chi connectivity index (χ2v) is 4.60. The average molecular weight is 283 g/mol. The van der Waals surface area contributed by atoms with Gasteiger partial charge in [0.05, 0.1) is 22.3 Å². The Bertz CT molecular complexity index is 843. The van der Waals surface area contributed by atoms with Gasteiger partial charge in [0.15, 0.2) is 11.6 Å². The molecule has 1 aliphatic carbocycles. The lowest BCUT2D eigenvalue weighted by molar-refractivity contribution is 0.0978. The number of fused-ring (bicyclic) bond motifs is 2. The molecule has 0 heterocycles. The van der Waals surface area contributed by atoms with Gasteiger partial charge in [0, 0.05) is 11.4 Å². The molecule has 0 aromatic heterocycles. The van der Waals surface area contributed by atoms with Crippen LogP contribution in [0, 0.1) is 4.91 Å². The quantitative estimate of drug-likeness (QED) is 0.353. The van der Waals surface area contributed by atoms with Gasteiger partial charge in [0.2, 0.25) is 0 Å². The molecule has 104 valence electrons. The average Bonchev–Trinajstić information content (AvgIpc) is 2.46. The Balaban J connectivity index is 2.47. The van der Waals surface area contributed by atoms with E-state index in [0.717, 1.165) is 0 Å². The number of nitrogens with two attached hydrogens (primary N) is 2. The van der Waals surface area contributed by atoms with Crippen molar-refractivity contribution in [3.8, 4) is 5.75 Å². The summed E-state index contributed by atoms with van der Waals surface area (Å²) in [6.45, 7) is 0. The monoisotopic (exact) mass is 283 g/mol. The van der Waals surface area contributed by atoms with E-state index in [1.165, 1.54) is 24.3 Å². The molecule has 2 aromatic carbocycles. The van der Waals surface area contributed by atoms with E-state index in [2.05, 4.69) is 5.18 Å². The SMILES string of the molecule is Nc1ccc(O)c2c1C(=O)c1c(N=O)ccc(N)c1C2=O. The number of benzene rings is 2. The molecule has 0 spiro atoms. The molecule has 3 rings (SSSR count). The van der Waals surface area contributed by atoms with Crippen molar-refractivity contribution in [2.24, 2.45) is 5.18 Å². The summed E-state index contributed by atoms with van der Waals surface area (Å²) in [6, 6.07) is 5.11. The van der Waals surface area contributed by atoms with E-state index >= 15 is 0 Å². The van der Waals surface area contributed by atoms with Crippen LogP contribution in [0.5, 0.6) is 5.75 Å². The first-order chi connectivity index (χ1) is 9.97. The predicted octanol–water partition coefficient (Wildman–Crippen LogP) is 1.73. The van der Waals surface area contributed by atoms with Crippen molar-refractivity contribution in [2.45, 2.75) is 0 Å². The third kappa shape index (κ3) is 1.54. The minimum Gasteiger partial charge on any atom is -0.507 e. The smallest absolute Gasteiger partial charge is 0.200 e. The molecule has 5 N–H and O–H groups in total. The minimum absolute atomic E-state index is 0.0308. The number of rotatable bonds is 1. The van der Waals surface area contributed by atoms with E-state index in [9.17, 15) is 19.6 Å². The third-order valence-corrected chi connectivity index (χ3v) is 3.44. The van der Waals surface area contributed by atoms with Gasteiger partial charge in [-0.2, -0.15) is 0 Å². The van der Waals surface area contributed by atoms with Gasteiger partial charge in [0.25, 0.3) is 0 Å². The lowest BCUT2D eigenvalue weighted by atomic mass is 9.81. The van der Waals surface area contributed by atoms with Crippen LogP contribution >= 0.6 is 0 Å². The van der Waals surface area contributed by atoms with Crippen molar-refractivity contribution in [1.29, 1.82) is 0 Å². The van der Waals surface area contributed by atoms with E-state index in [0.29, 0.717) is 0 Å². The zero-order valence-corrected chi connectivity index (χ0v) is 10.6. The fourth-order valence-corrected chi connectivity index (χ4v) is 2.49. The molecule has 21 heavy (non-hydrogen) atoms. The molecule has 7 heteroatoms. The Morgan fingerprint density at radius 1 is 0.810 bits per heavy atom. The Kier molecular flexibility index (Phi) is 2.52. The Hall–Kier alpha value is -3.22. The van der Waals surface area contributed by atoms with Gasteiger partial charge in [-0.3, -0.25) is 9.59 Å². The first-order valence-electron chi connectivity index (χ1n) is 5.94. The molecule has 2 aromatic rings. The standard InChI is InChI=1S/C14H9N3O4/c15-5-1-3-7(17-21)11-9(5)14(20)12-8(18)4-2-6(16)10(12)13(11)19/h1-4,18H,15-16H2. The zero-order valence-electron chi connectivity index (χ0n) is 10.6. The van der Waals surface area contributed by atoms with Crippen LogP contribution in [-0.2, 0) is 0 Å². The van der Waals surface area contributed by atoms with Crippen molar-refractivity contribution < 1.29 is 14.7 Å². The van der Waals surface area contributed by atoms with Gasteiger partial charge < -0.3 is 16.6 Å². The summed E-state index contributed by atoms with van der Waals surface area (Å²) in [4.78, 5) is 36.0. The lowest BCUT2D eigenvalue weighted by Gasteiger charge is -2.21. The molecule has 0 bridgehead atoms. The number of hydrogen-bond donors (Lipinski definition) is 3. The second kappa shape index (κ2) is 4.14. The number of phenolic OH excluding ortho intramolecular Hbond substituents is 1. The van der Waals surface area contributed by atoms with Crippen molar-refractivity contribution in [3.63, 3.8) is 0 Å². The molecular formula is C14H9N3O4. The highest BCUT2D eigenvalue weighted by Gasteiger charge is 2.37. The number of aromatic hydroxyl groups is 1. The first kappa shape index (κ1) is 12.8. The van der Waals surface area contributed by atoms with E-state index in [4.69, 9.17) is 11.5 Å². The fraction of sp³-hybridized carbons (Fsp3) is 0. The molecule has 1 aliphatic rings. The normalized spacial score (nSPS) is 12.8. The van der Waals surface area contributed by atoms with Gasteiger partial charge >= 0.3 is 0 Å². The van der Waals surface area contributed by atoms with Crippen molar-refractivity contribution in [3.05, 3.63) is 51.4 Å². The van der Waals surface area contributed by atoms with Crippen LogP contribution in [0.4, 0.5) is 17.1 Å². The summed E-state index contributed by atoms with van der Waals surface area (Å²) in [7, 11) is 0. The number of carbonyl (C=O) groups is 2. The number of hydrogen-bond acceptors (Lipinski definition) is 7. The van der Waals surface area contributed by atoms with E-state index in [1.807, 2.05) is 0 Å². The third-order valence-electron chi connectivity index (χ3n) is 3.44. The fourth-order valence-electron chi connectivity index (χ4n) is 2.49. The first-order valence-corrected chi connectivity index (χ1v) is 5.94. The molecule has 0 unspecified atom stereocenters. The molecule has 0 amide bonds. The molecule has 0 saturated carbocycles. The number of nitrogens with zero attached hydrogens (tertiary/aromatic N) is 1. The summed E-state index contributed by atoms with van der Waals surface area (Å²) in [5, 5.41) is 12.6. The van der Waals surface area contributed by atoms with Crippen LogP contribution in [0.3, 0.4) is 0 Å².